The topological polar surface area (TPSA) is 113 Å². The van der Waals surface area contributed by atoms with E-state index in [1.807, 2.05) is 6.92 Å². The van der Waals surface area contributed by atoms with E-state index < -0.39 is 17.6 Å². The van der Waals surface area contributed by atoms with E-state index in [1.54, 1.807) is 13.8 Å². The number of hydrogen-bond donors (Lipinski definition) is 0. The number of aryl methyl sites for hydroxylation is 3. The van der Waals surface area contributed by atoms with Crippen molar-refractivity contribution in [1.82, 2.24) is 0 Å². The largest absolute Gasteiger partial charge is 0.519 e. The molecule has 0 bridgehead atoms. The predicted octanol–water partition coefficient (Wildman–Crippen LogP) is 1.71. The number of carbonyl (C=O) groups is 1. The molecule has 2 aromatic rings. The highest BCUT2D eigenvalue weighted by Crippen LogP contribution is 2.06. The first-order valence-corrected chi connectivity index (χ1v) is 6.15. The lowest BCUT2D eigenvalue weighted by atomic mass is 10.3. The number of ether oxygens (including phenoxy) is 1. The minimum absolute atomic E-state index is 0.0626. The van der Waals surface area contributed by atoms with Crippen molar-refractivity contribution < 1.29 is 27.2 Å². The third-order valence-electron chi connectivity index (χ3n) is 2.40. The maximum Gasteiger partial charge on any atom is 0.519 e. The smallest absolute Gasteiger partial charge is 0.458 e. The Morgan fingerprint density at radius 2 is 1.43 bits per heavy atom. The Morgan fingerprint density at radius 3 is 1.71 bits per heavy atom. The molecule has 0 aromatic carbocycles. The summed E-state index contributed by atoms with van der Waals surface area (Å²) in [7, 11) is 0. The molecule has 21 heavy (non-hydrogen) atoms. The lowest BCUT2D eigenvalue weighted by Gasteiger charge is -1.96. The van der Waals surface area contributed by atoms with E-state index in [1.165, 1.54) is 6.92 Å². The molecule has 0 atom stereocenters. The second-order valence-electron chi connectivity index (χ2n) is 4.00. The van der Waals surface area contributed by atoms with Gasteiger partial charge in [0, 0.05) is 13.3 Å². The second kappa shape index (κ2) is 7.32. The molecule has 2 rings (SSSR count). The number of esters is 1. The van der Waals surface area contributed by atoms with Gasteiger partial charge in [-0.1, -0.05) is 6.92 Å². The summed E-state index contributed by atoms with van der Waals surface area (Å²) in [5.41, 5.74) is 0. The molecule has 0 saturated carbocycles. The van der Waals surface area contributed by atoms with Gasteiger partial charge in [0.2, 0.25) is 0 Å². The van der Waals surface area contributed by atoms with Crippen LogP contribution in [-0.2, 0) is 22.6 Å². The molecule has 0 amide bonds. The summed E-state index contributed by atoms with van der Waals surface area (Å²) in [5.74, 6) is -0.0174. The van der Waals surface area contributed by atoms with Gasteiger partial charge in [-0.15, -0.1) is 0 Å². The number of carbonyl (C=O) groups excluding carboxylic acids is 1. The molecule has 116 valence electrons. The molecule has 0 spiro atoms. The molecule has 0 aliphatic carbocycles. The van der Waals surface area contributed by atoms with Gasteiger partial charge in [0.05, 0.1) is 0 Å². The van der Waals surface area contributed by atoms with Crippen molar-refractivity contribution in [3.63, 3.8) is 0 Å². The zero-order valence-electron chi connectivity index (χ0n) is 12.2. The van der Waals surface area contributed by atoms with Crippen molar-refractivity contribution in [2.45, 2.75) is 40.7 Å². The Hall–Kier alpha value is -2.51. The fourth-order valence-electron chi connectivity index (χ4n) is 1.37. The van der Waals surface area contributed by atoms with E-state index in [9.17, 15) is 14.4 Å². The van der Waals surface area contributed by atoms with Crippen molar-refractivity contribution in [1.29, 1.82) is 0 Å². The van der Waals surface area contributed by atoms with Gasteiger partial charge in [0.25, 0.3) is 0 Å². The van der Waals surface area contributed by atoms with Crippen molar-refractivity contribution in [3.8, 4) is 0 Å². The Labute approximate surface area is 119 Å². The first-order valence-electron chi connectivity index (χ1n) is 6.15. The SMILES string of the molecule is CC(=O)OCc1oc(=O)oc1C.CCc1oc(=O)oc1C. The monoisotopic (exact) mass is 300 g/mol. The molecule has 0 saturated heterocycles. The Bertz CT molecular complexity index is 696. The van der Waals surface area contributed by atoms with E-state index in [0.717, 1.165) is 0 Å². The average Bonchev–Trinajstić information content (AvgIpc) is 2.89. The van der Waals surface area contributed by atoms with Crippen LogP contribution in [0.5, 0.6) is 0 Å². The molecule has 8 heteroatoms. The first kappa shape index (κ1) is 16.5. The average molecular weight is 300 g/mol. The zero-order valence-corrected chi connectivity index (χ0v) is 12.2. The van der Waals surface area contributed by atoms with Gasteiger partial charge in [-0.3, -0.25) is 4.79 Å². The van der Waals surface area contributed by atoms with Crippen LogP contribution >= 0.6 is 0 Å². The molecule has 2 heterocycles. The van der Waals surface area contributed by atoms with Crippen LogP contribution in [0.15, 0.2) is 27.3 Å². The summed E-state index contributed by atoms with van der Waals surface area (Å²) < 4.78 is 22.9. The molecule has 0 radical (unpaired) electrons. The molecular formula is C13H16O8. The Morgan fingerprint density at radius 1 is 0.952 bits per heavy atom. The highest BCUT2D eigenvalue weighted by Gasteiger charge is 2.08. The zero-order chi connectivity index (χ0) is 16.0. The van der Waals surface area contributed by atoms with Crippen molar-refractivity contribution in [3.05, 3.63) is 44.3 Å². The molecule has 0 fully saturated rings. The van der Waals surface area contributed by atoms with Crippen LogP contribution in [0.25, 0.3) is 0 Å². The second-order valence-corrected chi connectivity index (χ2v) is 4.00. The summed E-state index contributed by atoms with van der Waals surface area (Å²) >= 11 is 0. The molecule has 0 aliphatic heterocycles. The van der Waals surface area contributed by atoms with Crippen molar-refractivity contribution >= 4 is 5.97 Å². The fraction of sp³-hybridized carbons (Fsp3) is 0.462. The predicted molar refractivity (Wildman–Crippen MR) is 68.8 cm³/mol. The van der Waals surface area contributed by atoms with E-state index in [0.29, 0.717) is 23.7 Å². The molecular weight excluding hydrogens is 284 g/mol. The summed E-state index contributed by atoms with van der Waals surface area (Å²) in [6, 6.07) is 0. The fourth-order valence-corrected chi connectivity index (χ4v) is 1.37. The van der Waals surface area contributed by atoms with Crippen LogP contribution in [0.4, 0.5) is 0 Å². The normalized spacial score (nSPS) is 9.90. The number of rotatable bonds is 3. The maximum atomic E-state index is 10.5. The standard InChI is InChI=1S/C7H8O5.C6H8O3/c1-4-6(3-10-5(2)8)12-7(9)11-4;1-3-5-4(2)8-6(7)9-5/h3H2,1-2H3;3H2,1-2H3. The molecule has 0 N–H and O–H groups in total. The third-order valence-corrected chi connectivity index (χ3v) is 2.40. The van der Waals surface area contributed by atoms with Crippen LogP contribution in [0.3, 0.4) is 0 Å². The third kappa shape index (κ3) is 5.17. The molecule has 0 unspecified atom stereocenters. The van der Waals surface area contributed by atoms with Gasteiger partial charge < -0.3 is 22.4 Å². The van der Waals surface area contributed by atoms with Crippen LogP contribution in [-0.4, -0.2) is 5.97 Å². The van der Waals surface area contributed by atoms with Crippen LogP contribution in [0, 0.1) is 13.8 Å². The van der Waals surface area contributed by atoms with E-state index >= 15 is 0 Å². The van der Waals surface area contributed by atoms with Gasteiger partial charge >= 0.3 is 17.6 Å². The molecule has 8 nitrogen and oxygen atoms in total. The van der Waals surface area contributed by atoms with E-state index in [-0.39, 0.29) is 12.4 Å². The number of hydrogen-bond acceptors (Lipinski definition) is 8. The minimum atomic E-state index is -0.783. The summed E-state index contributed by atoms with van der Waals surface area (Å²) in [6.07, 6.45) is 0.706. The molecule has 0 aliphatic rings. The van der Waals surface area contributed by atoms with Gasteiger partial charge in [-0.05, 0) is 13.8 Å². The highest BCUT2D eigenvalue weighted by atomic mass is 16.6. The highest BCUT2D eigenvalue weighted by molar-refractivity contribution is 5.65. The van der Waals surface area contributed by atoms with Crippen molar-refractivity contribution in [2.75, 3.05) is 0 Å². The summed E-state index contributed by atoms with van der Waals surface area (Å²) in [6.45, 7) is 6.38. The lowest BCUT2D eigenvalue weighted by molar-refractivity contribution is -0.142. The van der Waals surface area contributed by atoms with Crippen LogP contribution in [0.2, 0.25) is 0 Å². The Kier molecular flexibility index (Phi) is 5.77. The van der Waals surface area contributed by atoms with Gasteiger partial charge in [-0.25, -0.2) is 9.59 Å². The van der Waals surface area contributed by atoms with Gasteiger partial charge in [0.15, 0.2) is 18.1 Å². The summed E-state index contributed by atoms with van der Waals surface area (Å²) in [5, 5.41) is 0. The van der Waals surface area contributed by atoms with E-state index in [2.05, 4.69) is 22.4 Å². The maximum absolute atomic E-state index is 10.5. The van der Waals surface area contributed by atoms with Gasteiger partial charge in [0.1, 0.15) is 11.5 Å². The Balaban J connectivity index is 0.000000219. The van der Waals surface area contributed by atoms with Crippen LogP contribution in [0.1, 0.15) is 36.9 Å². The van der Waals surface area contributed by atoms with E-state index in [4.69, 9.17) is 0 Å². The minimum Gasteiger partial charge on any atom is -0.458 e. The van der Waals surface area contributed by atoms with Gasteiger partial charge in [-0.2, -0.15) is 0 Å². The van der Waals surface area contributed by atoms with Crippen molar-refractivity contribution in [2.24, 2.45) is 0 Å². The lowest BCUT2D eigenvalue weighted by Crippen LogP contribution is -1.99. The summed E-state index contributed by atoms with van der Waals surface area (Å²) in [4.78, 5) is 31.2. The first-order chi connectivity index (χ1) is 9.83. The van der Waals surface area contributed by atoms with Crippen LogP contribution < -0.4 is 11.6 Å². The molecule has 2 aromatic heterocycles. The quantitative estimate of drug-likeness (QED) is 0.787.